The molecule has 0 aliphatic heterocycles. The number of para-hydroxylation sites is 1. The lowest BCUT2D eigenvalue weighted by Gasteiger charge is -2.10. The van der Waals surface area contributed by atoms with Crippen LogP contribution in [0.2, 0.25) is 0 Å². The van der Waals surface area contributed by atoms with Crippen LogP contribution in [0.3, 0.4) is 0 Å². The van der Waals surface area contributed by atoms with E-state index in [1.54, 1.807) is 36.4 Å². The molecule has 0 aliphatic rings. The van der Waals surface area contributed by atoms with Crippen LogP contribution in [0.1, 0.15) is 26.5 Å². The maximum Gasteiger partial charge on any atom is 0.264 e. The Morgan fingerprint density at radius 1 is 0.931 bits per heavy atom. The fourth-order valence-electron chi connectivity index (χ4n) is 2.23. The average Bonchev–Trinajstić information content (AvgIpc) is 2.67. The molecule has 29 heavy (non-hydrogen) atoms. The van der Waals surface area contributed by atoms with E-state index in [1.165, 1.54) is 12.1 Å². The molecule has 0 saturated heterocycles. The van der Waals surface area contributed by atoms with Crippen molar-refractivity contribution in [1.29, 1.82) is 0 Å². The standard InChI is InChI=1S/C22H21N3O3S/c1-22(2,3)15-14-17-16-20(28-18-10-6-4-7-11-18)24-21(23-17)25-29(26,27)19-12-8-5-9-13-19/h4-13,16H,1-3H3,(H,23,24,25). The molecule has 0 saturated carbocycles. The van der Waals surface area contributed by atoms with E-state index in [2.05, 4.69) is 26.5 Å². The minimum atomic E-state index is -3.84. The van der Waals surface area contributed by atoms with Gasteiger partial charge in [0.2, 0.25) is 11.8 Å². The molecule has 6 nitrogen and oxygen atoms in total. The Hall–Kier alpha value is -3.37. The zero-order chi connectivity index (χ0) is 20.9. The molecule has 3 rings (SSSR count). The Morgan fingerprint density at radius 2 is 1.55 bits per heavy atom. The summed E-state index contributed by atoms with van der Waals surface area (Å²) in [5.74, 6) is 6.69. The molecule has 0 radical (unpaired) electrons. The maximum absolute atomic E-state index is 12.6. The van der Waals surface area contributed by atoms with Gasteiger partial charge < -0.3 is 4.74 Å². The number of nitrogens with zero attached hydrogens (tertiary/aromatic N) is 2. The first-order valence-corrected chi connectivity index (χ1v) is 10.4. The van der Waals surface area contributed by atoms with Crippen LogP contribution in [-0.2, 0) is 10.0 Å². The zero-order valence-electron chi connectivity index (χ0n) is 16.4. The van der Waals surface area contributed by atoms with Crippen molar-refractivity contribution in [1.82, 2.24) is 9.97 Å². The summed E-state index contributed by atoms with van der Waals surface area (Å²) >= 11 is 0. The second-order valence-electron chi connectivity index (χ2n) is 7.25. The predicted molar refractivity (Wildman–Crippen MR) is 112 cm³/mol. The van der Waals surface area contributed by atoms with E-state index in [9.17, 15) is 8.42 Å². The number of ether oxygens (including phenoxy) is 1. The highest BCUT2D eigenvalue weighted by Gasteiger charge is 2.17. The summed E-state index contributed by atoms with van der Waals surface area (Å²) in [5, 5.41) is 0. The molecule has 0 spiro atoms. The van der Waals surface area contributed by atoms with Crippen LogP contribution in [0, 0.1) is 17.3 Å². The van der Waals surface area contributed by atoms with Crippen LogP contribution < -0.4 is 9.46 Å². The van der Waals surface area contributed by atoms with Crippen molar-refractivity contribution in [2.45, 2.75) is 25.7 Å². The Labute approximate surface area is 171 Å². The number of hydrogen-bond donors (Lipinski definition) is 1. The average molecular weight is 407 g/mol. The monoisotopic (exact) mass is 407 g/mol. The fraction of sp³-hybridized carbons (Fsp3) is 0.182. The molecule has 0 aliphatic carbocycles. The SMILES string of the molecule is CC(C)(C)C#Cc1cc(Oc2ccccc2)nc(NS(=O)(=O)c2ccccc2)n1. The first-order chi connectivity index (χ1) is 13.7. The molecule has 2 aromatic carbocycles. The summed E-state index contributed by atoms with van der Waals surface area (Å²) in [6.07, 6.45) is 0. The van der Waals surface area contributed by atoms with Gasteiger partial charge in [-0.15, -0.1) is 0 Å². The van der Waals surface area contributed by atoms with Crippen LogP contribution >= 0.6 is 0 Å². The molecule has 0 amide bonds. The number of benzene rings is 2. The normalized spacial score (nSPS) is 11.3. The lowest BCUT2D eigenvalue weighted by atomic mass is 9.98. The van der Waals surface area contributed by atoms with Gasteiger partial charge >= 0.3 is 0 Å². The quantitative estimate of drug-likeness (QED) is 0.631. The van der Waals surface area contributed by atoms with E-state index in [0.29, 0.717) is 11.4 Å². The Morgan fingerprint density at radius 3 is 2.17 bits per heavy atom. The number of aromatic nitrogens is 2. The van der Waals surface area contributed by atoms with E-state index in [1.807, 2.05) is 39.0 Å². The second kappa shape index (κ2) is 8.33. The second-order valence-corrected chi connectivity index (χ2v) is 8.93. The van der Waals surface area contributed by atoms with Crippen LogP contribution in [-0.4, -0.2) is 18.4 Å². The van der Waals surface area contributed by atoms with Gasteiger partial charge in [0, 0.05) is 11.5 Å². The smallest absolute Gasteiger partial charge is 0.264 e. The van der Waals surface area contributed by atoms with Gasteiger partial charge in [-0.2, -0.15) is 4.98 Å². The molecule has 0 atom stereocenters. The maximum atomic E-state index is 12.6. The summed E-state index contributed by atoms with van der Waals surface area (Å²) in [7, 11) is -3.84. The molecule has 1 N–H and O–H groups in total. The summed E-state index contributed by atoms with van der Waals surface area (Å²) < 4.78 is 33.4. The van der Waals surface area contributed by atoms with Crippen LogP contribution in [0.25, 0.3) is 0 Å². The molecule has 0 fully saturated rings. The van der Waals surface area contributed by atoms with Crippen LogP contribution in [0.15, 0.2) is 71.6 Å². The van der Waals surface area contributed by atoms with Gasteiger partial charge in [0.05, 0.1) is 4.90 Å². The van der Waals surface area contributed by atoms with E-state index in [0.717, 1.165) is 0 Å². The molecule has 0 bridgehead atoms. The molecule has 1 heterocycles. The third-order valence-electron chi connectivity index (χ3n) is 3.51. The Balaban J connectivity index is 1.98. The van der Waals surface area contributed by atoms with Crippen LogP contribution in [0.5, 0.6) is 11.6 Å². The highest BCUT2D eigenvalue weighted by Crippen LogP contribution is 2.22. The lowest BCUT2D eigenvalue weighted by Crippen LogP contribution is -2.15. The van der Waals surface area contributed by atoms with Gasteiger partial charge in [-0.1, -0.05) is 42.3 Å². The summed E-state index contributed by atoms with van der Waals surface area (Å²) in [4.78, 5) is 8.54. The highest BCUT2D eigenvalue weighted by atomic mass is 32.2. The fourth-order valence-corrected chi connectivity index (χ4v) is 3.19. The number of nitrogens with one attached hydrogen (secondary N) is 1. The largest absolute Gasteiger partial charge is 0.439 e. The van der Waals surface area contributed by atoms with Gasteiger partial charge in [-0.25, -0.2) is 18.1 Å². The van der Waals surface area contributed by atoms with E-state index < -0.39 is 10.0 Å². The summed E-state index contributed by atoms with van der Waals surface area (Å²) in [5.41, 5.74) is 0.112. The number of hydrogen-bond acceptors (Lipinski definition) is 5. The minimum Gasteiger partial charge on any atom is -0.439 e. The summed E-state index contributed by atoms with van der Waals surface area (Å²) in [6, 6.07) is 18.7. The van der Waals surface area contributed by atoms with Crippen molar-refractivity contribution in [2.75, 3.05) is 4.72 Å². The van der Waals surface area contributed by atoms with Gasteiger partial charge in [-0.3, -0.25) is 0 Å². The minimum absolute atomic E-state index is 0.111. The van der Waals surface area contributed by atoms with Crippen molar-refractivity contribution in [2.24, 2.45) is 5.41 Å². The van der Waals surface area contributed by atoms with Crippen molar-refractivity contribution in [3.63, 3.8) is 0 Å². The zero-order valence-corrected chi connectivity index (χ0v) is 17.2. The van der Waals surface area contributed by atoms with Crippen molar-refractivity contribution < 1.29 is 13.2 Å². The van der Waals surface area contributed by atoms with Gasteiger partial charge in [0.1, 0.15) is 11.4 Å². The summed E-state index contributed by atoms with van der Waals surface area (Å²) in [6.45, 7) is 5.92. The predicted octanol–water partition coefficient (Wildman–Crippen LogP) is 4.47. The molecule has 7 heteroatoms. The van der Waals surface area contributed by atoms with Crippen molar-refractivity contribution in [3.8, 4) is 23.5 Å². The van der Waals surface area contributed by atoms with E-state index in [4.69, 9.17) is 4.74 Å². The topological polar surface area (TPSA) is 81.2 Å². The van der Waals surface area contributed by atoms with Crippen LogP contribution in [0.4, 0.5) is 5.95 Å². The molecule has 3 aromatic rings. The van der Waals surface area contributed by atoms with Gasteiger partial charge in [-0.05, 0) is 51.0 Å². The molecule has 148 valence electrons. The Bertz CT molecular complexity index is 1140. The number of sulfonamides is 1. The van der Waals surface area contributed by atoms with E-state index in [-0.39, 0.29) is 22.1 Å². The third kappa shape index (κ3) is 6.06. The molecule has 0 unspecified atom stereocenters. The lowest BCUT2D eigenvalue weighted by molar-refractivity contribution is 0.462. The first kappa shape index (κ1) is 20.4. The van der Waals surface area contributed by atoms with Gasteiger partial charge in [0.25, 0.3) is 10.0 Å². The Kier molecular flexibility index (Phi) is 5.85. The van der Waals surface area contributed by atoms with Gasteiger partial charge in [0.15, 0.2) is 0 Å². The molecular weight excluding hydrogens is 386 g/mol. The molecule has 1 aromatic heterocycles. The number of anilines is 1. The third-order valence-corrected chi connectivity index (χ3v) is 4.86. The van der Waals surface area contributed by atoms with E-state index >= 15 is 0 Å². The molecular formula is C22H21N3O3S. The number of rotatable bonds is 5. The first-order valence-electron chi connectivity index (χ1n) is 8.94. The van der Waals surface area contributed by atoms with Crippen molar-refractivity contribution in [3.05, 3.63) is 72.4 Å². The highest BCUT2D eigenvalue weighted by molar-refractivity contribution is 7.92. The van der Waals surface area contributed by atoms with Crippen molar-refractivity contribution >= 4 is 16.0 Å².